The number of rotatable bonds is 7. The van der Waals surface area contributed by atoms with Gasteiger partial charge < -0.3 is 4.42 Å². The number of aromatic nitrogens is 3. The van der Waals surface area contributed by atoms with Gasteiger partial charge in [0.2, 0.25) is 0 Å². The standard InChI is InChI=1S/C52H32N4O/c53-33-34-10-7-15-41(30-34)37-24-26-40(27-25-37)50-54-51(43-17-8-16-42(31-43)38-22-20-36(21-23-38)35-11-3-1-4-12-35)56-52(55-50)44-28-29-46-48(32-44)57-47-19-9-18-45(49(46)47)39-13-5-2-6-14-39/h1-32H. The van der Waals surface area contributed by atoms with Crippen LogP contribution in [0.1, 0.15) is 5.56 Å². The molecule has 8 aromatic carbocycles. The third-order valence-electron chi connectivity index (χ3n) is 10.4. The predicted octanol–water partition coefficient (Wildman–Crippen LogP) is 13.3. The summed E-state index contributed by atoms with van der Waals surface area (Å²) in [6.45, 7) is 0. The van der Waals surface area contributed by atoms with Gasteiger partial charge in [0.1, 0.15) is 11.2 Å². The number of benzene rings is 8. The van der Waals surface area contributed by atoms with Crippen LogP contribution in [-0.4, -0.2) is 15.0 Å². The summed E-state index contributed by atoms with van der Waals surface area (Å²) in [5.74, 6) is 1.67. The van der Waals surface area contributed by atoms with Gasteiger partial charge in [-0.3, -0.25) is 0 Å². The van der Waals surface area contributed by atoms with Crippen LogP contribution >= 0.6 is 0 Å². The lowest BCUT2D eigenvalue weighted by atomic mass is 9.99. The zero-order chi connectivity index (χ0) is 38.1. The molecule has 57 heavy (non-hydrogen) atoms. The molecule has 2 heterocycles. The number of fused-ring (bicyclic) bond motifs is 3. The zero-order valence-electron chi connectivity index (χ0n) is 30.7. The van der Waals surface area contributed by atoms with Gasteiger partial charge in [-0.15, -0.1) is 0 Å². The number of hydrogen-bond acceptors (Lipinski definition) is 5. The maximum absolute atomic E-state index is 9.45. The van der Waals surface area contributed by atoms with E-state index in [1.807, 2.05) is 91.0 Å². The molecule has 5 heteroatoms. The summed E-state index contributed by atoms with van der Waals surface area (Å²) in [5, 5.41) is 11.6. The number of hydrogen-bond donors (Lipinski definition) is 0. The molecule has 0 N–H and O–H groups in total. The Morgan fingerprint density at radius 2 is 0.825 bits per heavy atom. The van der Waals surface area contributed by atoms with Crippen molar-refractivity contribution >= 4 is 21.9 Å². The highest BCUT2D eigenvalue weighted by molar-refractivity contribution is 6.13. The quantitative estimate of drug-likeness (QED) is 0.163. The van der Waals surface area contributed by atoms with Crippen LogP contribution in [0.4, 0.5) is 0 Å². The normalized spacial score (nSPS) is 11.1. The number of furan rings is 1. The van der Waals surface area contributed by atoms with Gasteiger partial charge in [-0.1, -0.05) is 158 Å². The summed E-state index contributed by atoms with van der Waals surface area (Å²) in [4.78, 5) is 15.2. The van der Waals surface area contributed by atoms with E-state index in [2.05, 4.69) is 109 Å². The molecule has 0 saturated carbocycles. The van der Waals surface area contributed by atoms with Crippen molar-refractivity contribution in [1.29, 1.82) is 5.26 Å². The first-order chi connectivity index (χ1) is 28.2. The molecule has 0 fully saturated rings. The highest BCUT2D eigenvalue weighted by atomic mass is 16.3. The van der Waals surface area contributed by atoms with Gasteiger partial charge in [-0.25, -0.2) is 15.0 Å². The van der Waals surface area contributed by atoms with Gasteiger partial charge in [0.15, 0.2) is 17.5 Å². The lowest BCUT2D eigenvalue weighted by molar-refractivity contribution is 0.669. The second-order valence-electron chi connectivity index (χ2n) is 14.0. The van der Waals surface area contributed by atoms with Crippen molar-refractivity contribution in [3.63, 3.8) is 0 Å². The van der Waals surface area contributed by atoms with E-state index >= 15 is 0 Å². The van der Waals surface area contributed by atoms with E-state index in [4.69, 9.17) is 19.4 Å². The van der Waals surface area contributed by atoms with Crippen molar-refractivity contribution < 1.29 is 4.42 Å². The second kappa shape index (κ2) is 14.4. The maximum atomic E-state index is 9.45. The third kappa shape index (κ3) is 6.52. The average molecular weight is 729 g/mol. The Balaban J connectivity index is 1.08. The largest absolute Gasteiger partial charge is 0.456 e. The van der Waals surface area contributed by atoms with Crippen LogP contribution in [0.3, 0.4) is 0 Å². The van der Waals surface area contributed by atoms with Crippen molar-refractivity contribution in [1.82, 2.24) is 15.0 Å². The molecule has 10 rings (SSSR count). The molecule has 10 aromatic rings. The van der Waals surface area contributed by atoms with Crippen LogP contribution in [0.2, 0.25) is 0 Å². The van der Waals surface area contributed by atoms with E-state index in [1.165, 1.54) is 11.1 Å². The highest BCUT2D eigenvalue weighted by Crippen LogP contribution is 2.38. The first-order valence-electron chi connectivity index (χ1n) is 18.8. The van der Waals surface area contributed by atoms with Crippen LogP contribution < -0.4 is 0 Å². The first kappa shape index (κ1) is 33.6. The summed E-state index contributed by atoms with van der Waals surface area (Å²) in [7, 11) is 0. The molecule has 0 unspecified atom stereocenters. The van der Waals surface area contributed by atoms with E-state index < -0.39 is 0 Å². The van der Waals surface area contributed by atoms with Crippen molar-refractivity contribution in [2.24, 2.45) is 0 Å². The molecule has 0 aliphatic heterocycles. The summed E-state index contributed by atoms with van der Waals surface area (Å²) in [6, 6.07) is 68.2. The van der Waals surface area contributed by atoms with Crippen LogP contribution in [0.5, 0.6) is 0 Å². The molecule has 0 atom stereocenters. The monoisotopic (exact) mass is 728 g/mol. The van der Waals surface area contributed by atoms with Gasteiger partial charge in [0, 0.05) is 27.5 Å². The van der Waals surface area contributed by atoms with Crippen LogP contribution in [0.15, 0.2) is 199 Å². The fourth-order valence-electron chi connectivity index (χ4n) is 7.49. The van der Waals surface area contributed by atoms with Gasteiger partial charge in [-0.05, 0) is 80.9 Å². The predicted molar refractivity (Wildman–Crippen MR) is 230 cm³/mol. The minimum Gasteiger partial charge on any atom is -0.456 e. The molecule has 266 valence electrons. The minimum atomic E-state index is 0.545. The summed E-state index contributed by atoms with van der Waals surface area (Å²) in [5.41, 5.74) is 13.5. The second-order valence-corrected chi connectivity index (χ2v) is 14.0. The number of nitrogens with zero attached hydrogens (tertiary/aromatic N) is 4. The molecule has 0 radical (unpaired) electrons. The SMILES string of the molecule is N#Cc1cccc(-c2ccc(-c3nc(-c4cccc(-c5ccc(-c6ccccc6)cc5)c4)nc(-c4ccc5c(c4)oc4cccc(-c6ccccc6)c45)n3)cc2)c1. The van der Waals surface area contributed by atoms with Gasteiger partial charge in [0.05, 0.1) is 11.6 Å². The Kier molecular flexibility index (Phi) is 8.48. The minimum absolute atomic E-state index is 0.545. The van der Waals surface area contributed by atoms with E-state index in [0.717, 1.165) is 72.0 Å². The molecule has 0 saturated heterocycles. The van der Waals surface area contributed by atoms with Crippen LogP contribution in [0, 0.1) is 11.3 Å². The van der Waals surface area contributed by atoms with Crippen molar-refractivity contribution in [2.75, 3.05) is 0 Å². The Hall–Kier alpha value is -7.94. The average Bonchev–Trinajstić information content (AvgIpc) is 3.68. The highest BCUT2D eigenvalue weighted by Gasteiger charge is 2.17. The maximum Gasteiger partial charge on any atom is 0.164 e. The smallest absolute Gasteiger partial charge is 0.164 e. The molecule has 0 amide bonds. The lowest BCUT2D eigenvalue weighted by Gasteiger charge is -2.11. The van der Waals surface area contributed by atoms with Crippen molar-refractivity contribution in [3.8, 4) is 84.7 Å². The fourth-order valence-corrected chi connectivity index (χ4v) is 7.49. The molecule has 5 nitrogen and oxygen atoms in total. The summed E-state index contributed by atoms with van der Waals surface area (Å²) >= 11 is 0. The molecule has 0 spiro atoms. The fraction of sp³-hybridized carbons (Fsp3) is 0. The lowest BCUT2D eigenvalue weighted by Crippen LogP contribution is -2.00. The molecular formula is C52H32N4O. The summed E-state index contributed by atoms with van der Waals surface area (Å²) < 4.78 is 6.49. The third-order valence-corrected chi connectivity index (χ3v) is 10.4. The Morgan fingerprint density at radius 3 is 1.49 bits per heavy atom. The van der Waals surface area contributed by atoms with E-state index in [9.17, 15) is 5.26 Å². The van der Waals surface area contributed by atoms with Crippen molar-refractivity contribution in [2.45, 2.75) is 0 Å². The van der Waals surface area contributed by atoms with E-state index in [1.54, 1.807) is 0 Å². The van der Waals surface area contributed by atoms with Crippen LogP contribution in [0.25, 0.3) is 101 Å². The van der Waals surface area contributed by atoms with Gasteiger partial charge in [0.25, 0.3) is 0 Å². The Morgan fingerprint density at radius 1 is 0.351 bits per heavy atom. The molecule has 2 aromatic heterocycles. The van der Waals surface area contributed by atoms with Crippen molar-refractivity contribution in [3.05, 3.63) is 200 Å². The van der Waals surface area contributed by atoms with Gasteiger partial charge >= 0.3 is 0 Å². The van der Waals surface area contributed by atoms with Gasteiger partial charge in [-0.2, -0.15) is 5.26 Å². The zero-order valence-corrected chi connectivity index (χ0v) is 30.7. The van der Waals surface area contributed by atoms with Crippen LogP contribution in [-0.2, 0) is 0 Å². The Bertz CT molecular complexity index is 3110. The Labute approximate surface area is 329 Å². The first-order valence-corrected chi connectivity index (χ1v) is 18.8. The van der Waals surface area contributed by atoms with E-state index in [0.29, 0.717) is 23.0 Å². The molecule has 0 aliphatic rings. The number of nitriles is 1. The molecular weight excluding hydrogens is 697 g/mol. The van der Waals surface area contributed by atoms with E-state index in [-0.39, 0.29) is 0 Å². The topological polar surface area (TPSA) is 75.6 Å². The summed E-state index contributed by atoms with van der Waals surface area (Å²) in [6.07, 6.45) is 0. The molecule has 0 aliphatic carbocycles. The molecule has 0 bridgehead atoms.